The van der Waals surface area contributed by atoms with Gasteiger partial charge in [-0.25, -0.2) is 0 Å². The fourth-order valence-corrected chi connectivity index (χ4v) is 5.94. The van der Waals surface area contributed by atoms with Crippen LogP contribution in [0.1, 0.15) is 25.0 Å². The predicted octanol–water partition coefficient (Wildman–Crippen LogP) is 7.64. The van der Waals surface area contributed by atoms with Gasteiger partial charge in [0.2, 0.25) is 0 Å². The van der Waals surface area contributed by atoms with E-state index < -0.39 is 0 Å². The number of fused-ring (bicyclic) bond motifs is 9. The number of hydrogen-bond donors (Lipinski definition) is 0. The molecule has 0 saturated carbocycles. The van der Waals surface area contributed by atoms with E-state index in [0.717, 1.165) is 5.69 Å². The normalized spacial score (nSPS) is 14.2. The van der Waals surface area contributed by atoms with Crippen LogP contribution in [0, 0.1) is 0 Å². The molecule has 6 aromatic rings. The van der Waals surface area contributed by atoms with Gasteiger partial charge in [0, 0.05) is 34.3 Å². The van der Waals surface area contributed by atoms with Crippen LogP contribution in [-0.4, -0.2) is 9.55 Å². The molecule has 2 aromatic heterocycles. The number of pyridine rings is 1. The van der Waals surface area contributed by atoms with Gasteiger partial charge in [-0.3, -0.25) is 4.98 Å². The van der Waals surface area contributed by atoms with Crippen LogP contribution in [0.2, 0.25) is 0 Å². The third-order valence-corrected chi connectivity index (χ3v) is 7.27. The molecule has 1 aliphatic carbocycles. The van der Waals surface area contributed by atoms with Crippen LogP contribution >= 0.6 is 0 Å². The standard InChI is InChI=1S/C30H22N2/c1-30(2)25-9-5-3-7-20(25)22-12-11-21-23(29(22)30)13-14-27-28(21)24-8-4-6-10-26(24)32(27)19-15-17-31-18-16-19/h3-18H,1-2H3. The first-order valence-electron chi connectivity index (χ1n) is 11.2. The topological polar surface area (TPSA) is 17.8 Å². The van der Waals surface area contributed by atoms with Crippen LogP contribution in [0.25, 0.3) is 49.4 Å². The molecule has 0 amide bonds. The zero-order chi connectivity index (χ0) is 21.4. The number of nitrogens with zero attached hydrogens (tertiary/aromatic N) is 2. The van der Waals surface area contributed by atoms with Crippen LogP contribution in [-0.2, 0) is 5.41 Å². The van der Waals surface area contributed by atoms with Gasteiger partial charge < -0.3 is 4.57 Å². The van der Waals surface area contributed by atoms with Gasteiger partial charge in [-0.1, -0.05) is 74.5 Å². The molecular weight excluding hydrogens is 388 g/mol. The average molecular weight is 411 g/mol. The first-order chi connectivity index (χ1) is 15.7. The summed E-state index contributed by atoms with van der Waals surface area (Å²) in [5.74, 6) is 0. The van der Waals surface area contributed by atoms with E-state index in [-0.39, 0.29) is 5.41 Å². The van der Waals surface area contributed by atoms with E-state index in [0.29, 0.717) is 0 Å². The van der Waals surface area contributed by atoms with Crippen molar-refractivity contribution in [2.24, 2.45) is 0 Å². The molecule has 0 bridgehead atoms. The Bertz CT molecular complexity index is 1690. The highest BCUT2D eigenvalue weighted by atomic mass is 15.0. The van der Waals surface area contributed by atoms with Gasteiger partial charge in [0.05, 0.1) is 11.0 Å². The highest BCUT2D eigenvalue weighted by Crippen LogP contribution is 2.52. The minimum atomic E-state index is -0.0252. The summed E-state index contributed by atoms with van der Waals surface area (Å²) in [6, 6.07) is 31.1. The van der Waals surface area contributed by atoms with Crippen molar-refractivity contribution < 1.29 is 0 Å². The molecule has 0 atom stereocenters. The maximum Gasteiger partial charge on any atom is 0.0547 e. The number of para-hydroxylation sites is 1. The summed E-state index contributed by atoms with van der Waals surface area (Å²) in [4.78, 5) is 4.23. The van der Waals surface area contributed by atoms with Gasteiger partial charge >= 0.3 is 0 Å². The Morgan fingerprint density at radius 3 is 2.25 bits per heavy atom. The molecule has 1 aliphatic rings. The molecule has 0 spiro atoms. The lowest BCUT2D eigenvalue weighted by Gasteiger charge is -2.23. The molecule has 2 nitrogen and oxygen atoms in total. The second-order valence-electron chi connectivity index (χ2n) is 9.27. The summed E-state index contributed by atoms with van der Waals surface area (Å²) < 4.78 is 2.36. The Balaban J connectivity index is 1.66. The Kier molecular flexibility index (Phi) is 3.37. The first-order valence-corrected chi connectivity index (χ1v) is 11.2. The third kappa shape index (κ3) is 2.12. The molecule has 152 valence electrons. The lowest BCUT2D eigenvalue weighted by atomic mass is 9.80. The Labute approximate surface area is 186 Å². The number of rotatable bonds is 1. The fraction of sp³-hybridized carbons (Fsp3) is 0.100. The number of aromatic nitrogens is 2. The summed E-state index contributed by atoms with van der Waals surface area (Å²) in [6.07, 6.45) is 3.73. The Morgan fingerprint density at radius 2 is 1.38 bits per heavy atom. The molecule has 0 unspecified atom stereocenters. The predicted molar refractivity (Wildman–Crippen MR) is 134 cm³/mol. The number of hydrogen-bond acceptors (Lipinski definition) is 1. The van der Waals surface area contributed by atoms with E-state index in [9.17, 15) is 0 Å². The van der Waals surface area contributed by atoms with E-state index in [4.69, 9.17) is 0 Å². The molecule has 2 heteroatoms. The lowest BCUT2D eigenvalue weighted by molar-refractivity contribution is 0.666. The first kappa shape index (κ1) is 17.7. The van der Waals surface area contributed by atoms with Crippen molar-refractivity contribution in [1.82, 2.24) is 9.55 Å². The largest absolute Gasteiger partial charge is 0.309 e. The second-order valence-corrected chi connectivity index (χ2v) is 9.27. The van der Waals surface area contributed by atoms with Crippen molar-refractivity contribution >= 4 is 32.6 Å². The summed E-state index contributed by atoms with van der Waals surface area (Å²) in [5, 5.41) is 5.29. The van der Waals surface area contributed by atoms with E-state index in [2.05, 4.69) is 108 Å². The molecule has 0 saturated heterocycles. The smallest absolute Gasteiger partial charge is 0.0547 e. The summed E-state index contributed by atoms with van der Waals surface area (Å²) in [6.45, 7) is 4.73. The van der Waals surface area contributed by atoms with E-state index in [1.807, 2.05) is 12.4 Å². The van der Waals surface area contributed by atoms with Crippen molar-refractivity contribution in [1.29, 1.82) is 0 Å². The van der Waals surface area contributed by atoms with Crippen molar-refractivity contribution in [2.75, 3.05) is 0 Å². The molecule has 7 rings (SSSR count). The van der Waals surface area contributed by atoms with Gasteiger partial charge in [0.15, 0.2) is 0 Å². The molecule has 0 radical (unpaired) electrons. The lowest BCUT2D eigenvalue weighted by Crippen LogP contribution is -2.15. The van der Waals surface area contributed by atoms with Crippen LogP contribution in [0.5, 0.6) is 0 Å². The maximum atomic E-state index is 4.23. The molecule has 32 heavy (non-hydrogen) atoms. The fourth-order valence-electron chi connectivity index (χ4n) is 5.94. The zero-order valence-electron chi connectivity index (χ0n) is 18.1. The molecule has 0 N–H and O–H groups in total. The molecular formula is C30H22N2. The molecule has 2 heterocycles. The minimum Gasteiger partial charge on any atom is -0.309 e. The quantitative estimate of drug-likeness (QED) is 0.272. The van der Waals surface area contributed by atoms with Crippen molar-refractivity contribution in [3.05, 3.63) is 108 Å². The van der Waals surface area contributed by atoms with E-state index in [1.165, 1.54) is 54.8 Å². The van der Waals surface area contributed by atoms with Gasteiger partial charge in [-0.2, -0.15) is 0 Å². The molecule has 4 aromatic carbocycles. The minimum absolute atomic E-state index is 0.0252. The average Bonchev–Trinajstić information content (AvgIpc) is 3.29. The van der Waals surface area contributed by atoms with Crippen molar-refractivity contribution in [3.63, 3.8) is 0 Å². The summed E-state index contributed by atoms with van der Waals surface area (Å²) in [7, 11) is 0. The van der Waals surface area contributed by atoms with E-state index in [1.54, 1.807) is 0 Å². The van der Waals surface area contributed by atoms with Gasteiger partial charge in [-0.15, -0.1) is 0 Å². The highest BCUT2D eigenvalue weighted by Gasteiger charge is 2.36. The van der Waals surface area contributed by atoms with Crippen LogP contribution in [0.4, 0.5) is 0 Å². The summed E-state index contributed by atoms with van der Waals surface area (Å²) in [5.41, 5.74) is 9.18. The molecule has 0 fully saturated rings. The van der Waals surface area contributed by atoms with Crippen LogP contribution < -0.4 is 0 Å². The summed E-state index contributed by atoms with van der Waals surface area (Å²) >= 11 is 0. The SMILES string of the molecule is CC1(C)c2ccccc2-c2ccc3c(ccc4c3c3ccccc3n4-c3ccncc3)c21. The third-order valence-electron chi connectivity index (χ3n) is 7.27. The maximum absolute atomic E-state index is 4.23. The van der Waals surface area contributed by atoms with Gasteiger partial charge in [-0.05, 0) is 57.3 Å². The highest BCUT2D eigenvalue weighted by molar-refractivity contribution is 6.22. The Hall–Kier alpha value is -3.91. The second kappa shape index (κ2) is 6.08. The Morgan fingerprint density at radius 1 is 0.625 bits per heavy atom. The van der Waals surface area contributed by atoms with Crippen LogP contribution in [0.15, 0.2) is 97.3 Å². The van der Waals surface area contributed by atoms with Crippen molar-refractivity contribution in [2.45, 2.75) is 19.3 Å². The van der Waals surface area contributed by atoms with Crippen LogP contribution in [0.3, 0.4) is 0 Å². The van der Waals surface area contributed by atoms with Gasteiger partial charge in [0.1, 0.15) is 0 Å². The van der Waals surface area contributed by atoms with E-state index >= 15 is 0 Å². The number of benzene rings is 4. The zero-order valence-corrected chi connectivity index (χ0v) is 18.1. The molecule has 0 aliphatic heterocycles. The monoisotopic (exact) mass is 410 g/mol. The van der Waals surface area contributed by atoms with Gasteiger partial charge in [0.25, 0.3) is 0 Å². The van der Waals surface area contributed by atoms with Crippen molar-refractivity contribution in [3.8, 4) is 16.8 Å².